The van der Waals surface area contributed by atoms with Gasteiger partial charge in [-0.2, -0.15) is 5.10 Å². The van der Waals surface area contributed by atoms with Crippen LogP contribution in [0.5, 0.6) is 5.75 Å². The SMILES string of the molecule is Cc1nn(C)c(C)c1NC(=O)[C@@H](C)OC(=O)[C@@H](C)Oc1ccccc1. The lowest BCUT2D eigenvalue weighted by atomic mass is 10.3. The van der Waals surface area contributed by atoms with Crippen molar-refractivity contribution in [1.82, 2.24) is 9.78 Å². The van der Waals surface area contributed by atoms with Gasteiger partial charge in [0.2, 0.25) is 0 Å². The largest absolute Gasteiger partial charge is 0.479 e. The third-order valence-electron chi connectivity index (χ3n) is 3.81. The molecule has 2 atom stereocenters. The van der Waals surface area contributed by atoms with Crippen molar-refractivity contribution < 1.29 is 19.1 Å². The second-order valence-corrected chi connectivity index (χ2v) is 5.81. The summed E-state index contributed by atoms with van der Waals surface area (Å²) in [5, 5.41) is 6.99. The number of ether oxygens (including phenoxy) is 2. The van der Waals surface area contributed by atoms with E-state index in [-0.39, 0.29) is 0 Å². The molecule has 2 rings (SSSR count). The van der Waals surface area contributed by atoms with E-state index >= 15 is 0 Å². The van der Waals surface area contributed by atoms with E-state index in [0.29, 0.717) is 17.1 Å². The third-order valence-corrected chi connectivity index (χ3v) is 3.81. The molecule has 2 aromatic rings. The molecule has 0 radical (unpaired) electrons. The maximum Gasteiger partial charge on any atom is 0.347 e. The molecule has 7 heteroatoms. The number of nitrogens with zero attached hydrogens (tertiary/aromatic N) is 2. The molecular formula is C18H23N3O4. The molecule has 0 unspecified atom stereocenters. The number of esters is 1. The van der Waals surface area contributed by atoms with Gasteiger partial charge in [-0.25, -0.2) is 4.79 Å². The normalized spacial score (nSPS) is 13.0. The Balaban J connectivity index is 1.92. The van der Waals surface area contributed by atoms with Gasteiger partial charge in [0.25, 0.3) is 5.91 Å². The number of para-hydroxylation sites is 1. The summed E-state index contributed by atoms with van der Waals surface area (Å²) in [7, 11) is 1.80. The molecule has 0 aliphatic rings. The van der Waals surface area contributed by atoms with Crippen molar-refractivity contribution in [1.29, 1.82) is 0 Å². The Hall–Kier alpha value is -2.83. The van der Waals surface area contributed by atoms with Crippen LogP contribution in [0.2, 0.25) is 0 Å². The average Bonchev–Trinajstić information content (AvgIpc) is 2.81. The van der Waals surface area contributed by atoms with Gasteiger partial charge < -0.3 is 14.8 Å². The van der Waals surface area contributed by atoms with Gasteiger partial charge in [0, 0.05) is 7.05 Å². The van der Waals surface area contributed by atoms with Crippen molar-refractivity contribution in [2.24, 2.45) is 7.05 Å². The maximum atomic E-state index is 12.3. The van der Waals surface area contributed by atoms with Crippen molar-refractivity contribution in [2.75, 3.05) is 5.32 Å². The first-order chi connectivity index (χ1) is 11.8. The van der Waals surface area contributed by atoms with E-state index in [4.69, 9.17) is 9.47 Å². The molecule has 0 saturated heterocycles. The standard InChI is InChI=1S/C18H23N3O4/c1-11-16(12(2)21(5)20-11)19-17(22)13(3)25-18(23)14(4)24-15-9-7-6-8-10-15/h6-10,13-14H,1-5H3,(H,19,22)/t13-,14-/m1/s1. The second kappa shape index (κ2) is 7.83. The van der Waals surface area contributed by atoms with Gasteiger partial charge in [-0.05, 0) is 39.8 Å². The number of hydrogen-bond acceptors (Lipinski definition) is 5. The van der Waals surface area contributed by atoms with Crippen LogP contribution in [0.15, 0.2) is 30.3 Å². The van der Waals surface area contributed by atoms with Gasteiger partial charge in [-0.15, -0.1) is 0 Å². The smallest absolute Gasteiger partial charge is 0.347 e. The van der Waals surface area contributed by atoms with E-state index in [1.54, 1.807) is 37.7 Å². The first-order valence-electron chi connectivity index (χ1n) is 8.03. The lowest BCUT2D eigenvalue weighted by Crippen LogP contribution is -2.35. The minimum Gasteiger partial charge on any atom is -0.479 e. The number of anilines is 1. The summed E-state index contributed by atoms with van der Waals surface area (Å²) in [4.78, 5) is 24.4. The molecule has 25 heavy (non-hydrogen) atoms. The number of amides is 1. The molecule has 0 fully saturated rings. The van der Waals surface area contributed by atoms with Gasteiger partial charge in [0.05, 0.1) is 17.1 Å². The molecule has 1 aromatic heterocycles. The number of aryl methyl sites for hydroxylation is 2. The number of aromatic nitrogens is 2. The van der Waals surface area contributed by atoms with Crippen LogP contribution in [0.1, 0.15) is 25.2 Å². The van der Waals surface area contributed by atoms with Crippen molar-refractivity contribution in [2.45, 2.75) is 39.9 Å². The Morgan fingerprint density at radius 3 is 2.32 bits per heavy atom. The molecule has 0 spiro atoms. The van der Waals surface area contributed by atoms with Crippen molar-refractivity contribution in [3.8, 4) is 5.75 Å². The van der Waals surface area contributed by atoms with Crippen LogP contribution >= 0.6 is 0 Å². The van der Waals surface area contributed by atoms with Gasteiger partial charge in [0.1, 0.15) is 5.75 Å². The van der Waals surface area contributed by atoms with Gasteiger partial charge in [0.15, 0.2) is 12.2 Å². The fourth-order valence-corrected chi connectivity index (χ4v) is 2.25. The van der Waals surface area contributed by atoms with Crippen LogP contribution in [0.25, 0.3) is 0 Å². The Labute approximate surface area is 146 Å². The maximum absolute atomic E-state index is 12.3. The lowest BCUT2D eigenvalue weighted by Gasteiger charge is -2.18. The summed E-state index contributed by atoms with van der Waals surface area (Å²) < 4.78 is 12.4. The summed E-state index contributed by atoms with van der Waals surface area (Å²) in [6.07, 6.45) is -1.77. The second-order valence-electron chi connectivity index (χ2n) is 5.81. The predicted octanol–water partition coefficient (Wildman–Crippen LogP) is 2.37. The van der Waals surface area contributed by atoms with Crippen LogP contribution in [-0.4, -0.2) is 33.9 Å². The van der Waals surface area contributed by atoms with Crippen LogP contribution < -0.4 is 10.1 Å². The highest BCUT2D eigenvalue weighted by molar-refractivity contribution is 5.96. The van der Waals surface area contributed by atoms with Crippen molar-refractivity contribution in [3.63, 3.8) is 0 Å². The Morgan fingerprint density at radius 2 is 1.76 bits per heavy atom. The minimum absolute atomic E-state index is 0.417. The number of hydrogen-bond donors (Lipinski definition) is 1. The zero-order chi connectivity index (χ0) is 18.6. The average molecular weight is 345 g/mol. The Kier molecular flexibility index (Phi) is 5.80. The van der Waals surface area contributed by atoms with Gasteiger partial charge >= 0.3 is 5.97 Å². The predicted molar refractivity (Wildman–Crippen MR) is 93.4 cm³/mol. The van der Waals surface area contributed by atoms with E-state index in [1.807, 2.05) is 25.1 Å². The zero-order valence-electron chi connectivity index (χ0n) is 15.1. The topological polar surface area (TPSA) is 82.5 Å². The number of carbonyl (C=O) groups is 2. The summed E-state index contributed by atoms with van der Waals surface area (Å²) in [5.74, 6) is -0.462. The quantitative estimate of drug-likeness (QED) is 0.813. The van der Waals surface area contributed by atoms with Gasteiger partial charge in [-0.3, -0.25) is 9.48 Å². The molecule has 134 valence electrons. The molecule has 0 bridgehead atoms. The minimum atomic E-state index is -0.951. The van der Waals surface area contributed by atoms with E-state index in [9.17, 15) is 9.59 Å². The highest BCUT2D eigenvalue weighted by Crippen LogP contribution is 2.19. The third kappa shape index (κ3) is 4.59. The molecule has 7 nitrogen and oxygen atoms in total. The van der Waals surface area contributed by atoms with Crippen molar-refractivity contribution >= 4 is 17.6 Å². The fourth-order valence-electron chi connectivity index (χ4n) is 2.25. The number of rotatable bonds is 6. The molecule has 0 aliphatic heterocycles. The molecule has 0 aliphatic carbocycles. The lowest BCUT2D eigenvalue weighted by molar-refractivity contribution is -0.159. The summed E-state index contributed by atoms with van der Waals surface area (Å²) in [6, 6.07) is 8.95. The molecule has 1 N–H and O–H groups in total. The van der Waals surface area contributed by atoms with Crippen LogP contribution in [0, 0.1) is 13.8 Å². The highest BCUT2D eigenvalue weighted by Gasteiger charge is 2.24. The molecule has 1 aromatic carbocycles. The summed E-state index contributed by atoms with van der Waals surface area (Å²) >= 11 is 0. The van der Waals surface area contributed by atoms with E-state index < -0.39 is 24.1 Å². The van der Waals surface area contributed by atoms with Crippen molar-refractivity contribution in [3.05, 3.63) is 41.7 Å². The molecular weight excluding hydrogens is 322 g/mol. The van der Waals surface area contributed by atoms with E-state index in [2.05, 4.69) is 10.4 Å². The molecule has 1 amide bonds. The monoisotopic (exact) mass is 345 g/mol. The van der Waals surface area contributed by atoms with E-state index in [0.717, 1.165) is 5.69 Å². The van der Waals surface area contributed by atoms with E-state index in [1.165, 1.54) is 6.92 Å². The first-order valence-corrected chi connectivity index (χ1v) is 8.03. The Morgan fingerprint density at radius 1 is 1.12 bits per heavy atom. The first kappa shape index (κ1) is 18.5. The van der Waals surface area contributed by atoms with Crippen LogP contribution in [0.4, 0.5) is 5.69 Å². The Bertz CT molecular complexity index is 755. The summed E-state index contributed by atoms with van der Waals surface area (Å²) in [5.41, 5.74) is 2.15. The van der Waals surface area contributed by atoms with Gasteiger partial charge in [-0.1, -0.05) is 18.2 Å². The fraction of sp³-hybridized carbons (Fsp3) is 0.389. The van der Waals surface area contributed by atoms with Crippen LogP contribution in [0.3, 0.4) is 0 Å². The van der Waals surface area contributed by atoms with Crippen LogP contribution in [-0.2, 0) is 21.4 Å². The number of nitrogens with one attached hydrogen (secondary N) is 1. The highest BCUT2D eigenvalue weighted by atomic mass is 16.6. The molecule has 0 saturated carbocycles. The molecule has 1 heterocycles. The summed E-state index contributed by atoms with van der Waals surface area (Å²) in [6.45, 7) is 6.75. The zero-order valence-corrected chi connectivity index (χ0v) is 15.1. The number of carbonyl (C=O) groups excluding carboxylic acids is 2. The number of benzene rings is 1.